The number of carbonyl (C=O) groups is 2. The summed E-state index contributed by atoms with van der Waals surface area (Å²) in [5.41, 5.74) is -0.0134. The third kappa shape index (κ3) is 2.86. The van der Waals surface area contributed by atoms with E-state index in [-0.39, 0.29) is 12.1 Å². The first kappa shape index (κ1) is 16.5. The molecule has 22 heavy (non-hydrogen) atoms. The second-order valence-corrected chi connectivity index (χ2v) is 6.91. The number of methoxy groups -OCH3 is 1. The number of furan rings is 1. The summed E-state index contributed by atoms with van der Waals surface area (Å²) in [6.45, 7) is 1.77. The average Bonchev–Trinajstić information content (AvgIpc) is 2.96. The first-order valence-corrected chi connectivity index (χ1v) is 8.14. The van der Waals surface area contributed by atoms with Gasteiger partial charge in [-0.15, -0.1) is 0 Å². The number of ether oxygens (including phenoxy) is 1. The summed E-state index contributed by atoms with van der Waals surface area (Å²) in [5.74, 6) is -2.50. The number of hydrogen-bond acceptors (Lipinski definition) is 6. The van der Waals surface area contributed by atoms with Gasteiger partial charge in [0, 0.05) is 18.7 Å². The van der Waals surface area contributed by atoms with Gasteiger partial charge in [-0.05, 0) is 19.8 Å². The maximum Gasteiger partial charge on any atom is 0.341 e. The van der Waals surface area contributed by atoms with E-state index in [0.29, 0.717) is 12.8 Å². The molecule has 2 atom stereocenters. The minimum absolute atomic E-state index is 0.0134. The first-order chi connectivity index (χ1) is 10.3. The van der Waals surface area contributed by atoms with Crippen LogP contribution in [0.5, 0.6) is 0 Å². The lowest BCUT2D eigenvalue weighted by Crippen LogP contribution is -2.48. The smallest absolute Gasteiger partial charge is 0.341 e. The summed E-state index contributed by atoms with van der Waals surface area (Å²) in [6, 6.07) is 0.390. The van der Waals surface area contributed by atoms with Crippen molar-refractivity contribution in [2.24, 2.45) is 5.92 Å². The normalized spacial score (nSPS) is 23.2. The van der Waals surface area contributed by atoms with E-state index in [0.717, 1.165) is 16.6 Å². The van der Waals surface area contributed by atoms with Crippen LogP contribution in [0.3, 0.4) is 0 Å². The van der Waals surface area contributed by atoms with Crippen LogP contribution in [-0.2, 0) is 19.6 Å². The monoisotopic (exact) mass is 331 g/mol. The average molecular weight is 331 g/mol. The summed E-state index contributed by atoms with van der Waals surface area (Å²) >= 11 is 0. The Balaban J connectivity index is 2.31. The number of piperidine rings is 1. The molecule has 0 saturated carbocycles. The standard InChI is InChI=1S/C13H17NO7S/c1-8-10(12(15)16)4-3-5-14(8)22(18,19)11-6-9(7-21-11)13(17)20-2/h6-8,10H,3-5H2,1-2H3,(H,15,16)/t8-,10-/m0/s1. The Kier molecular flexibility index (Phi) is 4.57. The number of carboxylic acid groups (broad SMARTS) is 1. The van der Waals surface area contributed by atoms with Gasteiger partial charge in [0.2, 0.25) is 5.09 Å². The molecule has 1 aromatic heterocycles. The molecule has 0 aliphatic carbocycles. The number of aliphatic carboxylic acids is 1. The maximum absolute atomic E-state index is 12.6. The van der Waals surface area contributed by atoms with Crippen molar-refractivity contribution in [3.63, 3.8) is 0 Å². The molecule has 0 spiro atoms. The van der Waals surface area contributed by atoms with Crippen molar-refractivity contribution in [2.45, 2.75) is 30.9 Å². The van der Waals surface area contributed by atoms with E-state index in [1.165, 1.54) is 7.11 Å². The predicted molar refractivity (Wildman–Crippen MR) is 73.8 cm³/mol. The number of rotatable bonds is 4. The van der Waals surface area contributed by atoms with Crippen molar-refractivity contribution in [3.8, 4) is 0 Å². The van der Waals surface area contributed by atoms with Crippen LogP contribution in [0.15, 0.2) is 21.8 Å². The topological polar surface area (TPSA) is 114 Å². The van der Waals surface area contributed by atoms with Gasteiger partial charge >= 0.3 is 11.9 Å². The van der Waals surface area contributed by atoms with Gasteiger partial charge in [-0.3, -0.25) is 4.79 Å². The molecule has 0 unspecified atom stereocenters. The van der Waals surface area contributed by atoms with Gasteiger partial charge < -0.3 is 14.3 Å². The highest BCUT2D eigenvalue weighted by atomic mass is 32.2. The lowest BCUT2D eigenvalue weighted by Gasteiger charge is -2.35. The SMILES string of the molecule is COC(=O)c1coc(S(=O)(=O)N2CCC[C@H](C(=O)O)[C@@H]2C)c1. The molecule has 1 N–H and O–H groups in total. The second-order valence-electron chi connectivity index (χ2n) is 5.09. The molecule has 1 aliphatic rings. The maximum atomic E-state index is 12.6. The molecular formula is C13H17NO7S. The summed E-state index contributed by atoms with van der Waals surface area (Å²) in [5, 5.41) is 8.77. The molecule has 0 bridgehead atoms. The van der Waals surface area contributed by atoms with Gasteiger partial charge in [0.05, 0.1) is 18.6 Å². The van der Waals surface area contributed by atoms with E-state index in [2.05, 4.69) is 4.74 Å². The van der Waals surface area contributed by atoms with Gasteiger partial charge in [0.1, 0.15) is 6.26 Å². The minimum atomic E-state index is -4.00. The highest BCUT2D eigenvalue weighted by molar-refractivity contribution is 7.89. The number of sulfonamides is 1. The van der Waals surface area contributed by atoms with Crippen LogP contribution < -0.4 is 0 Å². The fraction of sp³-hybridized carbons (Fsp3) is 0.538. The third-order valence-corrected chi connectivity index (χ3v) is 5.66. The van der Waals surface area contributed by atoms with Crippen LogP contribution in [-0.4, -0.2) is 49.5 Å². The zero-order chi connectivity index (χ0) is 16.5. The number of nitrogens with zero attached hydrogens (tertiary/aromatic N) is 1. The molecule has 8 nitrogen and oxygen atoms in total. The van der Waals surface area contributed by atoms with Gasteiger partial charge in [-0.25, -0.2) is 13.2 Å². The summed E-state index contributed by atoms with van der Waals surface area (Å²) in [7, 11) is -2.83. The number of carbonyl (C=O) groups excluding carboxylic acids is 1. The molecule has 2 rings (SSSR count). The Morgan fingerprint density at radius 1 is 1.45 bits per heavy atom. The Labute approximate surface area is 127 Å². The molecule has 1 aromatic rings. The van der Waals surface area contributed by atoms with E-state index in [4.69, 9.17) is 9.52 Å². The third-order valence-electron chi connectivity index (χ3n) is 3.81. The van der Waals surface area contributed by atoms with Gasteiger partial charge in [-0.2, -0.15) is 4.31 Å². The van der Waals surface area contributed by atoms with Crippen molar-refractivity contribution in [2.75, 3.05) is 13.7 Å². The zero-order valence-electron chi connectivity index (χ0n) is 12.2. The number of carboxylic acids is 1. The minimum Gasteiger partial charge on any atom is -0.481 e. The van der Waals surface area contributed by atoms with Crippen molar-refractivity contribution in [3.05, 3.63) is 17.9 Å². The molecular weight excluding hydrogens is 314 g/mol. The van der Waals surface area contributed by atoms with Crippen molar-refractivity contribution in [1.29, 1.82) is 0 Å². The van der Waals surface area contributed by atoms with Crippen LogP contribution in [0.25, 0.3) is 0 Å². The van der Waals surface area contributed by atoms with Crippen molar-refractivity contribution >= 4 is 22.0 Å². The molecule has 1 saturated heterocycles. The predicted octanol–water partition coefficient (Wildman–Crippen LogP) is 0.940. The van der Waals surface area contributed by atoms with E-state index in [1.54, 1.807) is 6.92 Å². The Morgan fingerprint density at radius 3 is 2.73 bits per heavy atom. The van der Waals surface area contributed by atoms with Crippen LogP contribution in [0.1, 0.15) is 30.1 Å². The van der Waals surface area contributed by atoms with Crippen LogP contribution >= 0.6 is 0 Å². The molecule has 0 aromatic carbocycles. The van der Waals surface area contributed by atoms with Gasteiger partial charge in [-0.1, -0.05) is 0 Å². The molecule has 0 radical (unpaired) electrons. The van der Waals surface area contributed by atoms with E-state index in [1.807, 2.05) is 0 Å². The number of esters is 1. The Morgan fingerprint density at radius 2 is 2.14 bits per heavy atom. The Hall–Kier alpha value is -1.87. The van der Waals surface area contributed by atoms with Crippen molar-refractivity contribution in [1.82, 2.24) is 4.31 Å². The van der Waals surface area contributed by atoms with Gasteiger partial charge in [0.15, 0.2) is 0 Å². The summed E-state index contributed by atoms with van der Waals surface area (Å²) < 4.78 is 35.7. The first-order valence-electron chi connectivity index (χ1n) is 6.70. The lowest BCUT2D eigenvalue weighted by atomic mass is 9.92. The fourth-order valence-electron chi connectivity index (χ4n) is 2.57. The summed E-state index contributed by atoms with van der Waals surface area (Å²) in [6.07, 6.45) is 1.88. The summed E-state index contributed by atoms with van der Waals surface area (Å²) in [4.78, 5) is 22.6. The van der Waals surface area contributed by atoms with Crippen LogP contribution in [0, 0.1) is 5.92 Å². The van der Waals surface area contributed by atoms with Crippen molar-refractivity contribution < 1.29 is 32.3 Å². The lowest BCUT2D eigenvalue weighted by molar-refractivity contribution is -0.144. The van der Waals surface area contributed by atoms with Crippen LogP contribution in [0.4, 0.5) is 0 Å². The molecule has 1 aliphatic heterocycles. The highest BCUT2D eigenvalue weighted by Crippen LogP contribution is 2.30. The molecule has 122 valence electrons. The van der Waals surface area contributed by atoms with Gasteiger partial charge in [0.25, 0.3) is 10.0 Å². The largest absolute Gasteiger partial charge is 0.481 e. The van der Waals surface area contributed by atoms with E-state index < -0.39 is 39.0 Å². The van der Waals surface area contributed by atoms with Crippen LogP contribution in [0.2, 0.25) is 0 Å². The number of hydrogen-bond donors (Lipinski definition) is 1. The highest BCUT2D eigenvalue weighted by Gasteiger charge is 2.41. The molecule has 9 heteroatoms. The quantitative estimate of drug-likeness (QED) is 0.817. The Bertz CT molecular complexity index is 678. The molecule has 2 heterocycles. The fourth-order valence-corrected chi connectivity index (χ4v) is 4.20. The zero-order valence-corrected chi connectivity index (χ0v) is 13.0. The van der Waals surface area contributed by atoms with E-state index >= 15 is 0 Å². The molecule has 1 fully saturated rings. The second kappa shape index (κ2) is 6.09. The molecule has 0 amide bonds. The van der Waals surface area contributed by atoms with E-state index in [9.17, 15) is 18.0 Å².